The van der Waals surface area contributed by atoms with Crippen LogP contribution >= 0.6 is 0 Å². The van der Waals surface area contributed by atoms with E-state index in [-0.39, 0.29) is 22.9 Å². The molecule has 1 saturated heterocycles. The number of oxazole rings is 1. The molecule has 0 saturated carbocycles. The Hall–Kier alpha value is -2.91. The molecule has 9 heteroatoms. The summed E-state index contributed by atoms with van der Waals surface area (Å²) in [7, 11) is -3.64. The molecule has 1 aliphatic heterocycles. The number of rotatable bonds is 6. The zero-order chi connectivity index (χ0) is 22.0. The smallest absolute Gasteiger partial charge is 0.408 e. The lowest BCUT2D eigenvalue weighted by atomic mass is 10.1. The molecule has 0 radical (unpaired) electrons. The van der Waals surface area contributed by atoms with Crippen molar-refractivity contribution in [3.8, 4) is 0 Å². The summed E-state index contributed by atoms with van der Waals surface area (Å²) in [6.45, 7) is 2.79. The minimum atomic E-state index is -3.64. The van der Waals surface area contributed by atoms with Crippen molar-refractivity contribution >= 4 is 32.7 Å². The van der Waals surface area contributed by atoms with Gasteiger partial charge in [0.2, 0.25) is 15.9 Å². The number of nitrogens with zero attached hydrogens (tertiary/aromatic N) is 2. The molecule has 0 atom stereocenters. The fourth-order valence-electron chi connectivity index (χ4n) is 3.78. The summed E-state index contributed by atoms with van der Waals surface area (Å²) in [5, 5.41) is 2.76. The average Bonchev–Trinajstić information content (AvgIpc) is 3.09. The molecule has 1 aliphatic rings. The van der Waals surface area contributed by atoms with Gasteiger partial charge in [0.25, 0.3) is 0 Å². The summed E-state index contributed by atoms with van der Waals surface area (Å²) in [6, 6.07) is 11.8. The molecule has 2 aromatic carbocycles. The van der Waals surface area contributed by atoms with Crippen molar-refractivity contribution < 1.29 is 17.6 Å². The number of sulfonamides is 1. The number of hydrogen-bond acceptors (Lipinski definition) is 5. The normalized spacial score (nSPS) is 15.3. The first-order chi connectivity index (χ1) is 14.9. The van der Waals surface area contributed by atoms with E-state index in [1.54, 1.807) is 0 Å². The highest BCUT2D eigenvalue weighted by molar-refractivity contribution is 7.89. The lowest BCUT2D eigenvalue weighted by Crippen LogP contribution is -2.35. The molecule has 1 N–H and O–H groups in total. The van der Waals surface area contributed by atoms with Gasteiger partial charge in [0.15, 0.2) is 5.58 Å². The Morgan fingerprint density at radius 3 is 2.45 bits per heavy atom. The van der Waals surface area contributed by atoms with Gasteiger partial charge in [-0.25, -0.2) is 13.2 Å². The molecule has 4 rings (SSSR count). The van der Waals surface area contributed by atoms with Gasteiger partial charge in [-0.1, -0.05) is 25.5 Å². The van der Waals surface area contributed by atoms with E-state index in [0.717, 1.165) is 31.2 Å². The SMILES string of the molecule is CCc1ccc(NC(=O)Cn2c(=O)oc3cc(S(=O)(=O)N4CCCCC4)ccc32)cc1. The highest BCUT2D eigenvalue weighted by Crippen LogP contribution is 2.24. The lowest BCUT2D eigenvalue weighted by molar-refractivity contribution is -0.116. The third kappa shape index (κ3) is 4.42. The van der Waals surface area contributed by atoms with Crippen LogP contribution in [0.2, 0.25) is 0 Å². The van der Waals surface area contributed by atoms with Gasteiger partial charge in [-0.15, -0.1) is 0 Å². The molecule has 8 nitrogen and oxygen atoms in total. The van der Waals surface area contributed by atoms with Gasteiger partial charge in [-0.3, -0.25) is 9.36 Å². The van der Waals surface area contributed by atoms with E-state index >= 15 is 0 Å². The fourth-order valence-corrected chi connectivity index (χ4v) is 5.31. The molecule has 1 fully saturated rings. The molecule has 1 amide bonds. The van der Waals surface area contributed by atoms with Gasteiger partial charge < -0.3 is 9.73 Å². The Balaban J connectivity index is 1.55. The summed E-state index contributed by atoms with van der Waals surface area (Å²) in [5.74, 6) is -1.09. The van der Waals surface area contributed by atoms with Crippen molar-refractivity contribution in [3.05, 3.63) is 58.6 Å². The number of nitrogens with one attached hydrogen (secondary N) is 1. The number of aromatic nitrogens is 1. The van der Waals surface area contributed by atoms with Crippen LogP contribution in [0.15, 0.2) is 56.6 Å². The van der Waals surface area contributed by atoms with E-state index < -0.39 is 15.8 Å². The fraction of sp³-hybridized carbons (Fsp3) is 0.364. The number of aryl methyl sites for hydroxylation is 1. The minimum Gasteiger partial charge on any atom is -0.408 e. The number of amides is 1. The van der Waals surface area contributed by atoms with Crippen LogP contribution in [0.25, 0.3) is 11.1 Å². The topological polar surface area (TPSA) is 102 Å². The third-order valence-corrected chi connectivity index (χ3v) is 7.43. The van der Waals surface area contributed by atoms with E-state index in [2.05, 4.69) is 5.32 Å². The van der Waals surface area contributed by atoms with Crippen LogP contribution in [-0.4, -0.2) is 36.3 Å². The molecular weight excluding hydrogens is 418 g/mol. The lowest BCUT2D eigenvalue weighted by Gasteiger charge is -2.25. The predicted octanol–water partition coefficient (Wildman–Crippen LogP) is 2.97. The standard InChI is InChI=1S/C22H25N3O5S/c1-2-16-6-8-17(9-7-16)23-21(26)15-25-19-11-10-18(14-20(19)30-22(25)27)31(28,29)24-12-4-3-5-13-24/h6-11,14H,2-5,12-13,15H2,1H3,(H,23,26). The number of piperidine rings is 1. The minimum absolute atomic E-state index is 0.0864. The second kappa shape index (κ2) is 8.68. The third-order valence-electron chi connectivity index (χ3n) is 5.54. The summed E-state index contributed by atoms with van der Waals surface area (Å²) < 4.78 is 33.7. The van der Waals surface area contributed by atoms with E-state index in [1.165, 1.54) is 27.1 Å². The molecule has 3 aromatic rings. The molecule has 2 heterocycles. The van der Waals surface area contributed by atoms with Gasteiger partial charge in [0.1, 0.15) is 6.54 Å². The van der Waals surface area contributed by atoms with Gasteiger partial charge in [-0.2, -0.15) is 4.31 Å². The van der Waals surface area contributed by atoms with E-state index in [0.29, 0.717) is 24.3 Å². The van der Waals surface area contributed by atoms with E-state index in [9.17, 15) is 18.0 Å². The Labute approximate surface area is 180 Å². The summed E-state index contributed by atoms with van der Waals surface area (Å²) in [5.41, 5.74) is 2.31. The molecule has 0 unspecified atom stereocenters. The van der Waals surface area contributed by atoms with Crippen molar-refractivity contribution in [2.75, 3.05) is 18.4 Å². The van der Waals surface area contributed by atoms with Crippen molar-refractivity contribution in [1.82, 2.24) is 8.87 Å². The van der Waals surface area contributed by atoms with Crippen LogP contribution < -0.4 is 11.1 Å². The molecule has 0 spiro atoms. The molecule has 0 bridgehead atoms. The Morgan fingerprint density at radius 2 is 1.77 bits per heavy atom. The van der Waals surface area contributed by atoms with Gasteiger partial charge in [0.05, 0.1) is 10.4 Å². The Bertz CT molecular complexity index is 1250. The van der Waals surface area contributed by atoms with E-state index in [1.807, 2.05) is 31.2 Å². The number of fused-ring (bicyclic) bond motifs is 1. The number of carbonyl (C=O) groups is 1. The summed E-state index contributed by atoms with van der Waals surface area (Å²) in [6.07, 6.45) is 3.60. The number of hydrogen-bond donors (Lipinski definition) is 1. The number of benzene rings is 2. The molecule has 1 aromatic heterocycles. The van der Waals surface area contributed by atoms with Gasteiger partial charge in [0, 0.05) is 24.8 Å². The van der Waals surface area contributed by atoms with Crippen molar-refractivity contribution in [2.24, 2.45) is 0 Å². The number of anilines is 1. The summed E-state index contributed by atoms with van der Waals surface area (Å²) in [4.78, 5) is 24.9. The van der Waals surface area contributed by atoms with Crippen molar-refractivity contribution in [2.45, 2.75) is 44.0 Å². The van der Waals surface area contributed by atoms with Crippen LogP contribution in [0.4, 0.5) is 5.69 Å². The van der Waals surface area contributed by atoms with Crippen LogP contribution in [0.3, 0.4) is 0 Å². The molecule has 31 heavy (non-hydrogen) atoms. The number of carbonyl (C=O) groups excluding carboxylic acids is 1. The maximum atomic E-state index is 12.9. The van der Waals surface area contributed by atoms with E-state index in [4.69, 9.17) is 4.42 Å². The second-order valence-electron chi connectivity index (χ2n) is 7.65. The first kappa shape index (κ1) is 21.3. The van der Waals surface area contributed by atoms with Crippen LogP contribution in [-0.2, 0) is 27.8 Å². The van der Waals surface area contributed by atoms with Crippen molar-refractivity contribution in [1.29, 1.82) is 0 Å². The van der Waals surface area contributed by atoms with Gasteiger partial charge in [-0.05, 0) is 49.1 Å². The monoisotopic (exact) mass is 443 g/mol. The zero-order valence-electron chi connectivity index (χ0n) is 17.3. The maximum absolute atomic E-state index is 12.9. The molecular formula is C22H25N3O5S. The Kier molecular flexibility index (Phi) is 5.97. The first-order valence-corrected chi connectivity index (χ1v) is 11.8. The highest BCUT2D eigenvalue weighted by Gasteiger charge is 2.27. The van der Waals surface area contributed by atoms with Crippen molar-refractivity contribution in [3.63, 3.8) is 0 Å². The zero-order valence-corrected chi connectivity index (χ0v) is 18.2. The van der Waals surface area contributed by atoms with Crippen LogP contribution in [0, 0.1) is 0 Å². The molecule has 0 aliphatic carbocycles. The molecule has 164 valence electrons. The van der Waals surface area contributed by atoms with Gasteiger partial charge >= 0.3 is 5.76 Å². The highest BCUT2D eigenvalue weighted by atomic mass is 32.2. The van der Waals surface area contributed by atoms with Crippen LogP contribution in [0.1, 0.15) is 31.7 Å². The predicted molar refractivity (Wildman–Crippen MR) is 118 cm³/mol. The second-order valence-corrected chi connectivity index (χ2v) is 9.58. The first-order valence-electron chi connectivity index (χ1n) is 10.4. The Morgan fingerprint density at radius 1 is 1.06 bits per heavy atom. The van der Waals surface area contributed by atoms with Crippen LogP contribution in [0.5, 0.6) is 0 Å². The maximum Gasteiger partial charge on any atom is 0.420 e. The quantitative estimate of drug-likeness (QED) is 0.631. The largest absolute Gasteiger partial charge is 0.420 e. The average molecular weight is 444 g/mol. The summed E-state index contributed by atoms with van der Waals surface area (Å²) >= 11 is 0.